The molecule has 1 amide bonds. The number of ether oxygens (including phenoxy) is 3. The van der Waals surface area contributed by atoms with Crippen LogP contribution in [0.2, 0.25) is 0 Å². The lowest BCUT2D eigenvalue weighted by molar-refractivity contribution is -0.112. The molecule has 2 rings (SSSR count). The van der Waals surface area contributed by atoms with Crippen LogP contribution in [0.1, 0.15) is 12.5 Å². The highest BCUT2D eigenvalue weighted by molar-refractivity contribution is 9.10. The largest absolute Gasteiger partial charge is 0.493 e. The molecule has 0 aliphatic rings. The molecule has 0 aliphatic carbocycles. The molecule has 1 N–H and O–H groups in total. The van der Waals surface area contributed by atoms with Gasteiger partial charge in [0.05, 0.1) is 26.5 Å². The predicted molar refractivity (Wildman–Crippen MR) is 107 cm³/mol. The number of carbonyl (C=O) groups is 1. The molecule has 0 unspecified atom stereocenters. The van der Waals surface area contributed by atoms with Crippen molar-refractivity contribution in [1.82, 2.24) is 0 Å². The van der Waals surface area contributed by atoms with Gasteiger partial charge in [0.15, 0.2) is 11.5 Å². The van der Waals surface area contributed by atoms with Gasteiger partial charge in [0.1, 0.15) is 11.6 Å². The number of carbonyl (C=O) groups excluding carboxylic acids is 1. The molecule has 0 spiro atoms. The van der Waals surface area contributed by atoms with Crippen molar-refractivity contribution in [2.24, 2.45) is 0 Å². The third kappa shape index (κ3) is 5.02. The number of nitriles is 1. The van der Waals surface area contributed by atoms with E-state index in [9.17, 15) is 10.1 Å². The average Bonchev–Trinajstić information content (AvgIpc) is 2.68. The van der Waals surface area contributed by atoms with Gasteiger partial charge in [-0.3, -0.25) is 4.79 Å². The fourth-order valence-corrected chi connectivity index (χ4v) is 2.72. The summed E-state index contributed by atoms with van der Waals surface area (Å²) >= 11 is 3.36. The monoisotopic (exact) mass is 430 g/mol. The Labute approximate surface area is 166 Å². The van der Waals surface area contributed by atoms with Crippen molar-refractivity contribution in [2.45, 2.75) is 6.92 Å². The predicted octanol–water partition coefficient (Wildman–Crippen LogP) is 4.41. The minimum absolute atomic E-state index is 0.0565. The fourth-order valence-electron chi connectivity index (χ4n) is 2.34. The molecule has 6 nitrogen and oxygen atoms in total. The first-order chi connectivity index (χ1) is 13.0. The second kappa shape index (κ2) is 9.64. The second-order valence-corrected chi connectivity index (χ2v) is 6.15. The summed E-state index contributed by atoms with van der Waals surface area (Å²) in [6, 6.07) is 12.4. The van der Waals surface area contributed by atoms with Gasteiger partial charge in [0.2, 0.25) is 5.75 Å². The Morgan fingerprint density at radius 2 is 1.85 bits per heavy atom. The zero-order valence-electron chi connectivity index (χ0n) is 15.2. The van der Waals surface area contributed by atoms with Crippen LogP contribution >= 0.6 is 15.9 Å². The maximum atomic E-state index is 12.5. The molecule has 2 aromatic rings. The number of hydrogen-bond acceptors (Lipinski definition) is 5. The van der Waals surface area contributed by atoms with Gasteiger partial charge in [-0.05, 0) is 58.8 Å². The second-order valence-electron chi connectivity index (χ2n) is 5.29. The normalized spacial score (nSPS) is 10.7. The molecule has 0 aromatic heterocycles. The molecule has 0 saturated heterocycles. The maximum Gasteiger partial charge on any atom is 0.266 e. The number of hydrogen-bond donors (Lipinski definition) is 1. The van der Waals surface area contributed by atoms with E-state index in [1.807, 2.05) is 19.1 Å². The van der Waals surface area contributed by atoms with E-state index in [4.69, 9.17) is 14.2 Å². The first-order valence-corrected chi connectivity index (χ1v) is 8.89. The van der Waals surface area contributed by atoms with E-state index in [-0.39, 0.29) is 5.57 Å². The van der Waals surface area contributed by atoms with Crippen molar-refractivity contribution in [3.63, 3.8) is 0 Å². The van der Waals surface area contributed by atoms with Crippen molar-refractivity contribution in [2.75, 3.05) is 26.1 Å². The Hall–Kier alpha value is -2.98. The summed E-state index contributed by atoms with van der Waals surface area (Å²) in [4.78, 5) is 12.5. The van der Waals surface area contributed by atoms with Gasteiger partial charge in [0, 0.05) is 4.47 Å². The lowest BCUT2D eigenvalue weighted by Crippen LogP contribution is -2.13. The van der Waals surface area contributed by atoms with Gasteiger partial charge in [0.25, 0.3) is 5.91 Å². The molecular weight excluding hydrogens is 412 g/mol. The molecule has 0 fully saturated rings. The number of methoxy groups -OCH3 is 2. The molecule has 7 heteroatoms. The highest BCUT2D eigenvalue weighted by Crippen LogP contribution is 2.39. The lowest BCUT2D eigenvalue weighted by Gasteiger charge is -2.14. The summed E-state index contributed by atoms with van der Waals surface area (Å²) in [6.45, 7) is 2.30. The number of nitrogens with one attached hydrogen (secondary N) is 1. The first-order valence-electron chi connectivity index (χ1n) is 8.10. The molecule has 0 aliphatic heterocycles. The Morgan fingerprint density at radius 1 is 1.22 bits per heavy atom. The quantitative estimate of drug-likeness (QED) is 0.519. The zero-order valence-corrected chi connectivity index (χ0v) is 16.8. The van der Waals surface area contributed by atoms with Crippen LogP contribution in [0.4, 0.5) is 5.69 Å². The maximum absolute atomic E-state index is 12.5. The molecule has 0 bridgehead atoms. The minimum Gasteiger partial charge on any atom is -0.493 e. The van der Waals surface area contributed by atoms with E-state index in [1.165, 1.54) is 20.3 Å². The smallest absolute Gasteiger partial charge is 0.266 e. The van der Waals surface area contributed by atoms with Crippen LogP contribution in [0.15, 0.2) is 46.4 Å². The van der Waals surface area contributed by atoms with Crippen LogP contribution in [0.25, 0.3) is 6.08 Å². The number of benzene rings is 2. The Morgan fingerprint density at radius 3 is 2.37 bits per heavy atom. The molecule has 0 radical (unpaired) electrons. The van der Waals surface area contributed by atoms with E-state index in [2.05, 4.69) is 21.2 Å². The van der Waals surface area contributed by atoms with Crippen molar-refractivity contribution >= 4 is 33.6 Å². The molecule has 0 atom stereocenters. The van der Waals surface area contributed by atoms with Crippen LogP contribution in [0, 0.1) is 11.3 Å². The summed E-state index contributed by atoms with van der Waals surface area (Å²) in [7, 11) is 3.02. The summed E-state index contributed by atoms with van der Waals surface area (Å²) < 4.78 is 17.0. The van der Waals surface area contributed by atoms with E-state index >= 15 is 0 Å². The highest BCUT2D eigenvalue weighted by Gasteiger charge is 2.16. The SMILES string of the molecule is CCOc1c(OC)cc(/C=C(/C#N)C(=O)Nc2ccccc2Br)cc1OC. The van der Waals surface area contributed by atoms with Crippen LogP contribution in [-0.2, 0) is 4.79 Å². The standard InChI is InChI=1S/C20H19BrN2O4/c1-4-27-19-17(25-2)10-13(11-18(19)26-3)9-14(12-22)20(24)23-16-8-6-5-7-15(16)21/h5-11H,4H2,1-3H3,(H,23,24)/b14-9-. The Kier molecular flexibility index (Phi) is 7.26. The van der Waals surface area contributed by atoms with Crippen LogP contribution in [0.5, 0.6) is 17.2 Å². The topological polar surface area (TPSA) is 80.6 Å². The van der Waals surface area contributed by atoms with Crippen LogP contribution in [-0.4, -0.2) is 26.7 Å². The number of amides is 1. The van der Waals surface area contributed by atoms with E-state index in [0.29, 0.717) is 35.1 Å². The van der Waals surface area contributed by atoms with E-state index < -0.39 is 5.91 Å². The third-order valence-corrected chi connectivity index (χ3v) is 4.26. The van der Waals surface area contributed by atoms with Crippen molar-refractivity contribution in [3.05, 3.63) is 52.0 Å². The Bertz CT molecular complexity index is 878. The molecule has 0 saturated carbocycles. The van der Waals surface area contributed by atoms with Gasteiger partial charge >= 0.3 is 0 Å². The minimum atomic E-state index is -0.517. The van der Waals surface area contributed by atoms with Crippen LogP contribution < -0.4 is 19.5 Å². The molecule has 0 heterocycles. The molecule has 27 heavy (non-hydrogen) atoms. The number of para-hydroxylation sites is 1. The first kappa shape index (κ1) is 20.3. The zero-order chi connectivity index (χ0) is 19.8. The fraction of sp³-hybridized carbons (Fsp3) is 0.200. The van der Waals surface area contributed by atoms with Crippen molar-refractivity contribution in [1.29, 1.82) is 5.26 Å². The lowest BCUT2D eigenvalue weighted by atomic mass is 10.1. The molecular formula is C20H19BrN2O4. The summed E-state index contributed by atoms with van der Waals surface area (Å²) in [5.74, 6) is 0.851. The van der Waals surface area contributed by atoms with E-state index in [1.54, 1.807) is 30.3 Å². The van der Waals surface area contributed by atoms with Crippen LogP contribution in [0.3, 0.4) is 0 Å². The third-order valence-electron chi connectivity index (χ3n) is 3.57. The van der Waals surface area contributed by atoms with Gasteiger partial charge in [-0.2, -0.15) is 5.26 Å². The molecule has 140 valence electrons. The summed E-state index contributed by atoms with van der Waals surface area (Å²) in [6.07, 6.45) is 1.47. The highest BCUT2D eigenvalue weighted by atomic mass is 79.9. The number of rotatable bonds is 7. The van der Waals surface area contributed by atoms with Crippen molar-refractivity contribution in [3.8, 4) is 23.3 Å². The molecule has 2 aromatic carbocycles. The van der Waals surface area contributed by atoms with Crippen molar-refractivity contribution < 1.29 is 19.0 Å². The average molecular weight is 431 g/mol. The van der Waals surface area contributed by atoms with Gasteiger partial charge in [-0.15, -0.1) is 0 Å². The van der Waals surface area contributed by atoms with E-state index in [0.717, 1.165) is 4.47 Å². The van der Waals surface area contributed by atoms with Gasteiger partial charge in [-0.25, -0.2) is 0 Å². The number of anilines is 1. The van der Waals surface area contributed by atoms with Gasteiger partial charge in [-0.1, -0.05) is 12.1 Å². The number of nitrogens with zero attached hydrogens (tertiary/aromatic N) is 1. The summed E-state index contributed by atoms with van der Waals surface area (Å²) in [5.41, 5.74) is 1.09. The van der Waals surface area contributed by atoms with Gasteiger partial charge < -0.3 is 19.5 Å². The Balaban J connectivity index is 2.38. The number of halogens is 1. The summed E-state index contributed by atoms with van der Waals surface area (Å²) in [5, 5.41) is 12.1.